The number of fused-ring (bicyclic) bond motifs is 2. The van der Waals surface area contributed by atoms with E-state index in [-0.39, 0.29) is 0 Å². The summed E-state index contributed by atoms with van der Waals surface area (Å²) in [6.45, 7) is 6.22. The third-order valence-corrected chi connectivity index (χ3v) is 6.13. The maximum Gasteiger partial charge on any atom is 0.181 e. The number of pyridine rings is 4. The van der Waals surface area contributed by atoms with E-state index >= 15 is 0 Å². The monoisotopic (exact) mass is 472 g/mol. The van der Waals surface area contributed by atoms with E-state index in [0.29, 0.717) is 5.65 Å². The summed E-state index contributed by atoms with van der Waals surface area (Å²) in [6, 6.07) is 12.2. The van der Waals surface area contributed by atoms with Gasteiger partial charge in [0.2, 0.25) is 0 Å². The minimum atomic E-state index is 0.645. The molecule has 0 radical (unpaired) electrons. The van der Waals surface area contributed by atoms with Crippen LogP contribution in [0.4, 0.5) is 5.69 Å². The maximum atomic E-state index is 4.60. The molecule has 0 aliphatic rings. The minimum absolute atomic E-state index is 0.645. The third kappa shape index (κ3) is 3.98. The van der Waals surface area contributed by atoms with Gasteiger partial charge in [0.05, 0.1) is 23.3 Å². The van der Waals surface area contributed by atoms with Crippen LogP contribution in [-0.2, 0) is 0 Å². The molecular formula is C28H24N8. The van der Waals surface area contributed by atoms with Gasteiger partial charge in [0, 0.05) is 64.1 Å². The average molecular weight is 473 g/mol. The van der Waals surface area contributed by atoms with Crippen molar-refractivity contribution in [2.24, 2.45) is 0 Å². The molecule has 8 nitrogen and oxygen atoms in total. The lowest BCUT2D eigenvalue weighted by Gasteiger charge is -2.09. The summed E-state index contributed by atoms with van der Waals surface area (Å²) < 4.78 is 0. The SMILES string of the molecule is C=C(CCC)Nc1cncc(-c2cnc3n[nH]c(-c4cc5c(-c6cccnc6)ccnc5[nH]4)c3c2)c1. The van der Waals surface area contributed by atoms with Crippen molar-refractivity contribution >= 4 is 27.8 Å². The van der Waals surface area contributed by atoms with Crippen LogP contribution >= 0.6 is 0 Å². The summed E-state index contributed by atoms with van der Waals surface area (Å²) in [5.74, 6) is 0. The molecule has 0 atom stereocenters. The van der Waals surface area contributed by atoms with Gasteiger partial charge in [0.1, 0.15) is 5.65 Å². The zero-order chi connectivity index (χ0) is 24.5. The van der Waals surface area contributed by atoms with Crippen LogP contribution in [0.3, 0.4) is 0 Å². The molecular weight excluding hydrogens is 448 g/mol. The molecule has 0 aliphatic heterocycles. The smallest absolute Gasteiger partial charge is 0.181 e. The summed E-state index contributed by atoms with van der Waals surface area (Å²) in [6.07, 6.45) is 12.8. The van der Waals surface area contributed by atoms with E-state index in [9.17, 15) is 0 Å². The highest BCUT2D eigenvalue weighted by Crippen LogP contribution is 2.34. The van der Waals surface area contributed by atoms with Gasteiger partial charge in [0.25, 0.3) is 0 Å². The molecule has 0 saturated carbocycles. The molecule has 6 rings (SSSR count). The van der Waals surface area contributed by atoms with Crippen molar-refractivity contribution in [2.45, 2.75) is 19.8 Å². The molecule has 3 N–H and O–H groups in total. The van der Waals surface area contributed by atoms with Gasteiger partial charge in [-0.05, 0) is 42.3 Å². The minimum Gasteiger partial charge on any atom is -0.358 e. The molecule has 6 aromatic rings. The molecule has 0 bridgehead atoms. The van der Waals surface area contributed by atoms with Crippen molar-refractivity contribution in [1.29, 1.82) is 0 Å². The predicted octanol–water partition coefficient (Wildman–Crippen LogP) is 6.35. The number of anilines is 1. The first-order valence-electron chi connectivity index (χ1n) is 11.8. The summed E-state index contributed by atoms with van der Waals surface area (Å²) >= 11 is 0. The Bertz CT molecular complexity index is 1700. The third-order valence-electron chi connectivity index (χ3n) is 6.13. The lowest BCUT2D eigenvalue weighted by molar-refractivity contribution is 0.913. The van der Waals surface area contributed by atoms with E-state index in [0.717, 1.165) is 74.3 Å². The second kappa shape index (κ2) is 9.07. The van der Waals surface area contributed by atoms with E-state index in [1.54, 1.807) is 18.6 Å². The second-order valence-electron chi connectivity index (χ2n) is 8.68. The van der Waals surface area contributed by atoms with Crippen molar-refractivity contribution in [3.05, 3.63) is 85.9 Å². The molecule has 0 fully saturated rings. The zero-order valence-corrected chi connectivity index (χ0v) is 19.8. The lowest BCUT2D eigenvalue weighted by atomic mass is 10.0. The Hall–Kier alpha value is -4.85. The van der Waals surface area contributed by atoms with E-state index in [1.807, 2.05) is 36.8 Å². The van der Waals surface area contributed by atoms with Crippen molar-refractivity contribution in [3.63, 3.8) is 0 Å². The first kappa shape index (κ1) is 21.7. The quantitative estimate of drug-likeness (QED) is 0.250. The van der Waals surface area contributed by atoms with Crippen LogP contribution in [-0.4, -0.2) is 35.1 Å². The van der Waals surface area contributed by atoms with Crippen LogP contribution in [0, 0.1) is 0 Å². The van der Waals surface area contributed by atoms with Gasteiger partial charge < -0.3 is 10.3 Å². The summed E-state index contributed by atoms with van der Waals surface area (Å²) in [7, 11) is 0. The summed E-state index contributed by atoms with van der Waals surface area (Å²) in [5.41, 5.74) is 9.08. The Labute approximate surface area is 207 Å². The largest absolute Gasteiger partial charge is 0.358 e. The van der Waals surface area contributed by atoms with E-state index < -0.39 is 0 Å². The van der Waals surface area contributed by atoms with Gasteiger partial charge in [-0.3, -0.25) is 15.1 Å². The molecule has 0 spiro atoms. The highest BCUT2D eigenvalue weighted by molar-refractivity contribution is 5.99. The van der Waals surface area contributed by atoms with Crippen LogP contribution in [0.1, 0.15) is 19.8 Å². The van der Waals surface area contributed by atoms with E-state index in [4.69, 9.17) is 0 Å². The van der Waals surface area contributed by atoms with Crippen molar-refractivity contribution < 1.29 is 0 Å². The fraction of sp³-hybridized carbons (Fsp3) is 0.107. The molecule has 0 aliphatic carbocycles. The summed E-state index contributed by atoms with van der Waals surface area (Å²) in [4.78, 5) is 21.3. The Kier molecular flexibility index (Phi) is 5.46. The van der Waals surface area contributed by atoms with Crippen molar-refractivity contribution in [2.75, 3.05) is 5.32 Å². The predicted molar refractivity (Wildman–Crippen MR) is 143 cm³/mol. The number of nitrogens with one attached hydrogen (secondary N) is 3. The fourth-order valence-electron chi connectivity index (χ4n) is 4.43. The number of hydrogen-bond donors (Lipinski definition) is 3. The van der Waals surface area contributed by atoms with E-state index in [1.165, 1.54) is 0 Å². The highest BCUT2D eigenvalue weighted by atomic mass is 15.2. The number of rotatable bonds is 7. The molecule has 6 aromatic heterocycles. The molecule has 6 heterocycles. The molecule has 0 aromatic carbocycles. The van der Waals surface area contributed by atoms with Gasteiger partial charge >= 0.3 is 0 Å². The van der Waals surface area contributed by atoms with Crippen LogP contribution in [0.15, 0.2) is 85.9 Å². The maximum absolute atomic E-state index is 4.60. The van der Waals surface area contributed by atoms with Crippen LogP contribution in [0.25, 0.3) is 55.7 Å². The van der Waals surface area contributed by atoms with Crippen molar-refractivity contribution in [1.82, 2.24) is 35.1 Å². The highest BCUT2D eigenvalue weighted by Gasteiger charge is 2.15. The molecule has 0 saturated heterocycles. The first-order valence-corrected chi connectivity index (χ1v) is 11.8. The standard InChI is InChI=1S/C28H24N8/c1-3-5-17(2)33-21-10-19(14-30-16-21)20-11-24-26(35-36-28(24)32-15-20)25-12-23-22(7-9-31-27(23)34-25)18-6-4-8-29-13-18/h4,6-16,33H,2-3,5H2,1H3,(H,31,34)(H,32,35,36). The topological polar surface area (TPSA) is 108 Å². The first-order chi connectivity index (χ1) is 17.7. The number of H-pyrrole nitrogens is 2. The van der Waals surface area contributed by atoms with Gasteiger partial charge in [-0.25, -0.2) is 9.97 Å². The number of allylic oxidation sites excluding steroid dienone is 1. The Morgan fingerprint density at radius 2 is 1.81 bits per heavy atom. The number of aromatic amines is 2. The number of nitrogens with zero attached hydrogens (tertiary/aromatic N) is 5. The fourth-order valence-corrected chi connectivity index (χ4v) is 4.43. The van der Waals surface area contributed by atoms with Gasteiger partial charge in [0.15, 0.2) is 5.65 Å². The molecule has 0 unspecified atom stereocenters. The lowest BCUT2D eigenvalue weighted by Crippen LogP contribution is -1.98. The number of aromatic nitrogens is 7. The van der Waals surface area contributed by atoms with Crippen LogP contribution in [0.2, 0.25) is 0 Å². The molecule has 36 heavy (non-hydrogen) atoms. The Balaban J connectivity index is 1.40. The Morgan fingerprint density at radius 1 is 0.917 bits per heavy atom. The van der Waals surface area contributed by atoms with E-state index in [2.05, 4.69) is 72.1 Å². The van der Waals surface area contributed by atoms with Gasteiger partial charge in [-0.2, -0.15) is 5.10 Å². The van der Waals surface area contributed by atoms with Crippen molar-refractivity contribution in [3.8, 4) is 33.6 Å². The number of hydrogen-bond acceptors (Lipinski definition) is 6. The van der Waals surface area contributed by atoms with Gasteiger partial charge in [-0.15, -0.1) is 0 Å². The average Bonchev–Trinajstić information content (AvgIpc) is 3.53. The van der Waals surface area contributed by atoms with Gasteiger partial charge in [-0.1, -0.05) is 26.0 Å². The second-order valence-corrected chi connectivity index (χ2v) is 8.68. The zero-order valence-electron chi connectivity index (χ0n) is 19.8. The summed E-state index contributed by atoms with van der Waals surface area (Å²) in [5, 5.41) is 12.9. The molecule has 0 amide bonds. The Morgan fingerprint density at radius 3 is 2.67 bits per heavy atom. The molecule has 8 heteroatoms. The van der Waals surface area contributed by atoms with Crippen LogP contribution < -0.4 is 5.32 Å². The normalized spacial score (nSPS) is 11.2. The molecule has 176 valence electrons. The van der Waals surface area contributed by atoms with Crippen LogP contribution in [0.5, 0.6) is 0 Å².